The molecule has 0 spiro atoms. The van der Waals surface area contributed by atoms with E-state index in [4.69, 9.17) is 0 Å². The van der Waals surface area contributed by atoms with Crippen LogP contribution in [0.4, 0.5) is 13.2 Å². The number of nitrogens with zero attached hydrogens (tertiary/aromatic N) is 1. The van der Waals surface area contributed by atoms with Crippen LogP contribution in [0, 0.1) is 0 Å². The number of Topliss-reactive ketones (excluding diaryl/α,β-unsaturated/α-hetero) is 1. The molecule has 5 nitrogen and oxygen atoms in total. The van der Waals surface area contributed by atoms with Crippen molar-refractivity contribution in [3.63, 3.8) is 0 Å². The van der Waals surface area contributed by atoms with E-state index in [1.165, 1.54) is 25.3 Å². The van der Waals surface area contributed by atoms with Crippen LogP contribution in [-0.2, 0) is 11.2 Å². The molecule has 1 atom stereocenters. The number of hydrogen-bond acceptors (Lipinski definition) is 4. The van der Waals surface area contributed by atoms with Crippen LogP contribution in [0.5, 0.6) is 5.75 Å². The molecule has 1 unspecified atom stereocenters. The second-order valence-corrected chi connectivity index (χ2v) is 6.08. The van der Waals surface area contributed by atoms with Crippen LogP contribution in [0.3, 0.4) is 0 Å². The Bertz CT molecular complexity index is 805. The van der Waals surface area contributed by atoms with E-state index in [9.17, 15) is 22.8 Å². The van der Waals surface area contributed by atoms with Crippen molar-refractivity contribution in [1.29, 1.82) is 0 Å². The van der Waals surface area contributed by atoms with Gasteiger partial charge in [0.05, 0.1) is 6.04 Å². The molecule has 1 heterocycles. The number of ether oxygens (including phenoxy) is 1. The van der Waals surface area contributed by atoms with Gasteiger partial charge in [-0.3, -0.25) is 14.6 Å². The normalized spacial score (nSPS) is 12.3. The summed E-state index contributed by atoms with van der Waals surface area (Å²) in [7, 11) is 0. The highest BCUT2D eigenvalue weighted by atomic mass is 19.4. The average Bonchev–Trinajstić information content (AvgIpc) is 2.59. The molecule has 1 amide bonds. The summed E-state index contributed by atoms with van der Waals surface area (Å²) in [5.41, 5.74) is 1.59. The summed E-state index contributed by atoms with van der Waals surface area (Å²) in [5.74, 6) is -0.300. The van der Waals surface area contributed by atoms with Crippen molar-refractivity contribution in [2.24, 2.45) is 0 Å². The first-order valence-electron chi connectivity index (χ1n) is 8.19. The van der Waals surface area contributed by atoms with Gasteiger partial charge in [-0.1, -0.05) is 12.1 Å². The zero-order valence-electron chi connectivity index (χ0n) is 14.8. The monoisotopic (exact) mass is 380 g/mol. The van der Waals surface area contributed by atoms with Gasteiger partial charge in [0.1, 0.15) is 11.5 Å². The van der Waals surface area contributed by atoms with Gasteiger partial charge in [-0.05, 0) is 43.7 Å². The maximum atomic E-state index is 12.4. The maximum Gasteiger partial charge on any atom is 0.422 e. The minimum absolute atomic E-state index is 0.0544. The van der Waals surface area contributed by atoms with Crippen molar-refractivity contribution >= 4 is 11.7 Å². The summed E-state index contributed by atoms with van der Waals surface area (Å²) in [4.78, 5) is 27.6. The molecule has 0 aliphatic rings. The van der Waals surface area contributed by atoms with Gasteiger partial charge in [0, 0.05) is 23.9 Å². The lowest BCUT2D eigenvalue weighted by atomic mass is 10.1. The quantitative estimate of drug-likeness (QED) is 0.796. The molecule has 1 N–H and O–H groups in total. The van der Waals surface area contributed by atoms with Crippen molar-refractivity contribution in [3.8, 4) is 5.75 Å². The molecule has 1 aromatic carbocycles. The Hall–Kier alpha value is -2.90. The van der Waals surface area contributed by atoms with Crippen LogP contribution in [-0.4, -0.2) is 29.5 Å². The molecule has 0 fully saturated rings. The van der Waals surface area contributed by atoms with Crippen LogP contribution in [0.2, 0.25) is 0 Å². The maximum absolute atomic E-state index is 12.4. The summed E-state index contributed by atoms with van der Waals surface area (Å²) >= 11 is 0. The minimum Gasteiger partial charge on any atom is -0.484 e. The molecule has 144 valence electrons. The number of halogens is 3. The molecule has 0 radical (unpaired) electrons. The van der Waals surface area contributed by atoms with E-state index in [0.29, 0.717) is 16.8 Å². The fourth-order valence-corrected chi connectivity index (χ4v) is 2.35. The fraction of sp³-hybridized carbons (Fsp3) is 0.316. The first-order chi connectivity index (χ1) is 12.6. The number of carbonyl (C=O) groups is 2. The topological polar surface area (TPSA) is 68.3 Å². The lowest BCUT2D eigenvalue weighted by molar-refractivity contribution is -0.153. The number of rotatable bonds is 7. The van der Waals surface area contributed by atoms with E-state index in [2.05, 4.69) is 15.0 Å². The van der Waals surface area contributed by atoms with Gasteiger partial charge in [0.2, 0.25) is 0 Å². The summed E-state index contributed by atoms with van der Waals surface area (Å²) in [6, 6.07) is 8.73. The van der Waals surface area contributed by atoms with Crippen LogP contribution >= 0.6 is 0 Å². The number of carbonyl (C=O) groups excluding carboxylic acids is 2. The first-order valence-corrected chi connectivity index (χ1v) is 8.19. The van der Waals surface area contributed by atoms with E-state index in [1.54, 1.807) is 31.2 Å². The molecule has 0 bridgehead atoms. The molecular formula is C19H19F3N2O3. The lowest BCUT2D eigenvalue weighted by Crippen LogP contribution is -2.26. The molecule has 0 saturated heterocycles. The number of benzene rings is 1. The third-order valence-corrected chi connectivity index (χ3v) is 3.64. The van der Waals surface area contributed by atoms with Crippen molar-refractivity contribution in [2.45, 2.75) is 32.5 Å². The van der Waals surface area contributed by atoms with Crippen molar-refractivity contribution in [3.05, 3.63) is 59.4 Å². The van der Waals surface area contributed by atoms with Crippen LogP contribution < -0.4 is 10.1 Å². The molecule has 0 aliphatic heterocycles. The highest BCUT2D eigenvalue weighted by Gasteiger charge is 2.28. The Morgan fingerprint density at radius 1 is 1.19 bits per heavy atom. The van der Waals surface area contributed by atoms with Gasteiger partial charge < -0.3 is 10.1 Å². The Balaban J connectivity index is 1.99. The third-order valence-electron chi connectivity index (χ3n) is 3.64. The molecule has 1 aromatic heterocycles. The van der Waals surface area contributed by atoms with Crippen molar-refractivity contribution in [1.82, 2.24) is 10.3 Å². The molecule has 0 saturated carbocycles. The van der Waals surface area contributed by atoms with E-state index in [-0.39, 0.29) is 29.9 Å². The number of ketones is 1. The molecular weight excluding hydrogens is 361 g/mol. The molecule has 2 rings (SSSR count). The molecule has 0 aliphatic carbocycles. The highest BCUT2D eigenvalue weighted by Crippen LogP contribution is 2.21. The Kier molecular flexibility index (Phi) is 6.55. The standard InChI is InChI=1S/C19H19F3N2O3/c1-12(25)9-16-10-15(7-8-23-16)18(26)24-13(2)14-3-5-17(6-4-14)27-11-19(20,21)22/h3-8,10,13H,9,11H2,1-2H3,(H,24,26). The highest BCUT2D eigenvalue weighted by molar-refractivity contribution is 5.94. The average molecular weight is 380 g/mol. The van der Waals surface area contributed by atoms with Gasteiger partial charge >= 0.3 is 6.18 Å². The largest absolute Gasteiger partial charge is 0.484 e. The van der Waals surface area contributed by atoms with E-state index in [1.807, 2.05) is 0 Å². The van der Waals surface area contributed by atoms with Gasteiger partial charge in [0.25, 0.3) is 5.91 Å². The van der Waals surface area contributed by atoms with Crippen LogP contribution in [0.1, 0.15) is 41.5 Å². The molecule has 2 aromatic rings. The van der Waals surface area contributed by atoms with E-state index < -0.39 is 12.8 Å². The SMILES string of the molecule is CC(=O)Cc1cc(C(=O)NC(C)c2ccc(OCC(F)(F)F)cc2)ccn1. The number of pyridine rings is 1. The third kappa shape index (κ3) is 6.73. The first kappa shape index (κ1) is 20.4. The zero-order chi connectivity index (χ0) is 20.0. The van der Waals surface area contributed by atoms with E-state index in [0.717, 1.165) is 0 Å². The van der Waals surface area contributed by atoms with Crippen LogP contribution in [0.25, 0.3) is 0 Å². The summed E-state index contributed by atoms with van der Waals surface area (Å²) < 4.78 is 41.1. The predicted molar refractivity (Wildman–Crippen MR) is 92.5 cm³/mol. The Labute approximate surface area is 154 Å². The molecule has 8 heteroatoms. The summed E-state index contributed by atoms with van der Waals surface area (Å²) in [6.07, 6.45) is -2.79. The second kappa shape index (κ2) is 8.66. The lowest BCUT2D eigenvalue weighted by Gasteiger charge is -2.15. The smallest absolute Gasteiger partial charge is 0.422 e. The fourth-order valence-electron chi connectivity index (χ4n) is 2.35. The number of aromatic nitrogens is 1. The minimum atomic E-state index is -4.40. The number of hydrogen-bond donors (Lipinski definition) is 1. The Morgan fingerprint density at radius 3 is 2.44 bits per heavy atom. The second-order valence-electron chi connectivity index (χ2n) is 6.08. The van der Waals surface area contributed by atoms with Crippen molar-refractivity contribution < 1.29 is 27.5 Å². The van der Waals surface area contributed by atoms with Crippen molar-refractivity contribution in [2.75, 3.05) is 6.61 Å². The van der Waals surface area contributed by atoms with Gasteiger partial charge in [-0.25, -0.2) is 0 Å². The zero-order valence-corrected chi connectivity index (χ0v) is 14.8. The van der Waals surface area contributed by atoms with Gasteiger partial charge in [0.15, 0.2) is 6.61 Å². The number of alkyl halides is 3. The Morgan fingerprint density at radius 2 is 1.85 bits per heavy atom. The van der Waals surface area contributed by atoms with Crippen LogP contribution in [0.15, 0.2) is 42.6 Å². The van der Waals surface area contributed by atoms with Gasteiger partial charge in [-0.15, -0.1) is 0 Å². The number of amides is 1. The predicted octanol–water partition coefficient (Wildman–Crippen LogP) is 3.65. The summed E-state index contributed by atoms with van der Waals surface area (Å²) in [6.45, 7) is 1.84. The van der Waals surface area contributed by atoms with Gasteiger partial charge in [-0.2, -0.15) is 13.2 Å². The van der Waals surface area contributed by atoms with E-state index >= 15 is 0 Å². The number of nitrogens with one attached hydrogen (secondary N) is 1. The summed E-state index contributed by atoms with van der Waals surface area (Å²) in [5, 5.41) is 2.80. The molecule has 27 heavy (non-hydrogen) atoms.